The van der Waals surface area contributed by atoms with Gasteiger partial charge in [-0.15, -0.1) is 0 Å². The molecule has 3 heterocycles. The van der Waals surface area contributed by atoms with E-state index in [0.717, 1.165) is 32.9 Å². The number of para-hydroxylation sites is 2. The largest absolute Gasteiger partial charge is 0.507 e. The van der Waals surface area contributed by atoms with Crippen LogP contribution in [0.1, 0.15) is 34.7 Å². The van der Waals surface area contributed by atoms with E-state index in [-0.39, 0.29) is 23.3 Å². The summed E-state index contributed by atoms with van der Waals surface area (Å²) in [6.45, 7) is 2.24. The fraction of sp³-hybridized carbons (Fsp3) is 0.207. The highest BCUT2D eigenvalue weighted by atomic mass is 16.5. The van der Waals surface area contributed by atoms with Crippen LogP contribution in [0.2, 0.25) is 0 Å². The van der Waals surface area contributed by atoms with E-state index >= 15 is 0 Å². The van der Waals surface area contributed by atoms with Crippen molar-refractivity contribution in [3.63, 3.8) is 0 Å². The fourth-order valence-electron chi connectivity index (χ4n) is 4.98. The summed E-state index contributed by atoms with van der Waals surface area (Å²) < 4.78 is 6.63. The van der Waals surface area contributed by atoms with Crippen molar-refractivity contribution >= 4 is 27.8 Å². The van der Waals surface area contributed by atoms with Gasteiger partial charge >= 0.3 is 5.97 Å². The molecule has 0 aliphatic rings. The molecule has 5 rings (SSSR count). The first-order valence-electron chi connectivity index (χ1n) is 11.9. The number of esters is 1. The third kappa shape index (κ3) is 4.24. The number of nitrogens with one attached hydrogen (secondary N) is 1. The molecule has 5 aromatic rings. The highest BCUT2D eigenvalue weighted by Gasteiger charge is 2.28. The first-order chi connectivity index (χ1) is 17.5. The van der Waals surface area contributed by atoms with Gasteiger partial charge in [0.2, 0.25) is 0 Å². The van der Waals surface area contributed by atoms with Crippen LogP contribution >= 0.6 is 0 Å². The second-order valence-electron chi connectivity index (χ2n) is 8.90. The van der Waals surface area contributed by atoms with Gasteiger partial charge in [0, 0.05) is 46.8 Å². The van der Waals surface area contributed by atoms with E-state index in [1.807, 2.05) is 48.7 Å². The van der Waals surface area contributed by atoms with Crippen LogP contribution in [-0.4, -0.2) is 32.7 Å². The monoisotopic (exact) mass is 481 g/mol. The number of aromatic nitrogens is 3. The van der Waals surface area contributed by atoms with Crippen LogP contribution in [0.3, 0.4) is 0 Å². The predicted octanol–water partition coefficient (Wildman–Crippen LogP) is 4.83. The number of aromatic hydroxyl groups is 1. The number of nitrogens with zero attached hydrogens (tertiary/aromatic N) is 2. The summed E-state index contributed by atoms with van der Waals surface area (Å²) in [5.74, 6) is -1.29. The van der Waals surface area contributed by atoms with Gasteiger partial charge in [-0.2, -0.15) is 0 Å². The van der Waals surface area contributed by atoms with E-state index in [4.69, 9.17) is 4.74 Å². The number of methoxy groups -OCH3 is 1. The molecule has 2 aromatic carbocycles. The zero-order chi connectivity index (χ0) is 25.2. The van der Waals surface area contributed by atoms with Crippen LogP contribution in [0.4, 0.5) is 0 Å². The Labute approximate surface area is 208 Å². The van der Waals surface area contributed by atoms with E-state index < -0.39 is 11.9 Å². The number of rotatable bonds is 7. The highest BCUT2D eigenvalue weighted by molar-refractivity contribution is 5.84. The Morgan fingerprint density at radius 1 is 1.11 bits per heavy atom. The Kier molecular flexibility index (Phi) is 6.29. The lowest BCUT2D eigenvalue weighted by atomic mass is 9.86. The summed E-state index contributed by atoms with van der Waals surface area (Å²) in [6, 6.07) is 19.0. The minimum absolute atomic E-state index is 0.0845. The number of H-pyrrole nitrogens is 1. The maximum Gasteiger partial charge on any atom is 0.306 e. The number of hydrogen-bond donors (Lipinski definition) is 2. The van der Waals surface area contributed by atoms with Crippen molar-refractivity contribution in [3.05, 3.63) is 106 Å². The number of aryl methyl sites for hydroxylation is 2. The minimum Gasteiger partial charge on any atom is -0.507 e. The van der Waals surface area contributed by atoms with Gasteiger partial charge in [0.15, 0.2) is 0 Å². The van der Waals surface area contributed by atoms with Crippen molar-refractivity contribution in [2.45, 2.75) is 32.2 Å². The fourth-order valence-corrected chi connectivity index (χ4v) is 4.98. The van der Waals surface area contributed by atoms with E-state index in [1.54, 1.807) is 29.8 Å². The Hall–Kier alpha value is -4.39. The van der Waals surface area contributed by atoms with Crippen LogP contribution in [0.5, 0.6) is 5.75 Å². The summed E-state index contributed by atoms with van der Waals surface area (Å²) in [7, 11) is 1.32. The second kappa shape index (κ2) is 9.70. The van der Waals surface area contributed by atoms with Gasteiger partial charge in [0.1, 0.15) is 5.75 Å². The molecule has 0 saturated heterocycles. The van der Waals surface area contributed by atoms with Crippen LogP contribution < -0.4 is 5.56 Å². The Bertz CT molecular complexity index is 1630. The third-order valence-corrected chi connectivity index (χ3v) is 6.81. The molecule has 0 aliphatic carbocycles. The molecular weight excluding hydrogens is 454 g/mol. The molecule has 7 heteroatoms. The highest BCUT2D eigenvalue weighted by Crippen LogP contribution is 2.35. The molecule has 36 heavy (non-hydrogen) atoms. The molecule has 0 saturated carbocycles. The molecule has 0 fully saturated rings. The molecule has 2 N–H and O–H groups in total. The van der Waals surface area contributed by atoms with E-state index in [2.05, 4.69) is 16.0 Å². The molecule has 182 valence electrons. The lowest BCUT2D eigenvalue weighted by molar-refractivity contribution is -0.140. The quantitative estimate of drug-likeness (QED) is 0.325. The summed E-state index contributed by atoms with van der Waals surface area (Å²) in [6.07, 6.45) is 4.17. The normalized spacial score (nSPS) is 12.2. The van der Waals surface area contributed by atoms with Crippen molar-refractivity contribution < 1.29 is 14.6 Å². The number of pyridine rings is 2. The van der Waals surface area contributed by atoms with Crippen molar-refractivity contribution in [1.82, 2.24) is 14.5 Å². The number of carbonyl (C=O) groups is 1. The van der Waals surface area contributed by atoms with Crippen LogP contribution in [0.25, 0.3) is 21.8 Å². The molecule has 0 amide bonds. The molecule has 3 aromatic heterocycles. The lowest BCUT2D eigenvalue weighted by Gasteiger charge is -2.21. The minimum atomic E-state index is -0.696. The number of hydrogen-bond acceptors (Lipinski definition) is 5. The van der Waals surface area contributed by atoms with Gasteiger partial charge in [-0.05, 0) is 48.7 Å². The van der Waals surface area contributed by atoms with Crippen molar-refractivity contribution in [1.29, 1.82) is 0 Å². The molecule has 0 spiro atoms. The predicted molar refractivity (Wildman–Crippen MR) is 139 cm³/mol. The van der Waals surface area contributed by atoms with Crippen LogP contribution in [-0.2, 0) is 22.5 Å². The number of fused-ring (bicyclic) bond motifs is 2. The van der Waals surface area contributed by atoms with Gasteiger partial charge in [0.05, 0.1) is 24.6 Å². The summed E-state index contributed by atoms with van der Waals surface area (Å²) in [5, 5.41) is 12.9. The Morgan fingerprint density at radius 3 is 2.67 bits per heavy atom. The smallest absolute Gasteiger partial charge is 0.306 e. The van der Waals surface area contributed by atoms with Gasteiger partial charge in [-0.3, -0.25) is 14.6 Å². The number of ether oxygens (including phenoxy) is 1. The third-order valence-electron chi connectivity index (χ3n) is 6.81. The van der Waals surface area contributed by atoms with E-state index in [0.29, 0.717) is 18.7 Å². The van der Waals surface area contributed by atoms with Crippen molar-refractivity contribution in [2.24, 2.45) is 0 Å². The zero-order valence-corrected chi connectivity index (χ0v) is 20.2. The maximum absolute atomic E-state index is 13.9. The molecule has 7 nitrogen and oxygen atoms in total. The summed E-state index contributed by atoms with van der Waals surface area (Å²) >= 11 is 0. The number of benzene rings is 2. The summed E-state index contributed by atoms with van der Waals surface area (Å²) in [5.41, 5.74) is 4.16. The van der Waals surface area contributed by atoms with Gasteiger partial charge < -0.3 is 19.4 Å². The van der Waals surface area contributed by atoms with Gasteiger partial charge in [-0.1, -0.05) is 36.4 Å². The molecule has 1 atom stereocenters. The van der Waals surface area contributed by atoms with E-state index in [9.17, 15) is 14.7 Å². The van der Waals surface area contributed by atoms with Crippen molar-refractivity contribution in [2.75, 3.05) is 7.11 Å². The molecule has 0 aliphatic heterocycles. The summed E-state index contributed by atoms with van der Waals surface area (Å²) in [4.78, 5) is 34.0. The molecular formula is C29H27N3O4. The SMILES string of the molecule is COC(=O)C[C@H](c1c(O)cc(C)n(CCc2c[nH]c3ccccc23)c1=O)c1ccnc2ccccc12. The Balaban J connectivity index is 1.60. The number of carbonyl (C=O) groups excluding carboxylic acids is 1. The standard InChI is InChI=1S/C29H27N3O4/c1-18-15-26(33)28(29(35)32(18)14-12-19-17-31-24-9-5-3-7-20(19)24)23(16-27(34)36-2)21-11-13-30-25-10-6-4-8-22(21)25/h3-11,13,15,17,23,31,33H,12,14,16H2,1-2H3/t23-/m0/s1. The first-order valence-corrected chi connectivity index (χ1v) is 11.9. The molecule has 0 unspecified atom stereocenters. The van der Waals surface area contributed by atoms with Crippen LogP contribution in [0, 0.1) is 6.92 Å². The average molecular weight is 482 g/mol. The zero-order valence-electron chi connectivity index (χ0n) is 20.2. The lowest BCUT2D eigenvalue weighted by Crippen LogP contribution is -2.29. The maximum atomic E-state index is 13.9. The van der Waals surface area contributed by atoms with Gasteiger partial charge in [0.25, 0.3) is 5.56 Å². The first kappa shape index (κ1) is 23.4. The molecule has 0 radical (unpaired) electrons. The topological polar surface area (TPSA) is 97.2 Å². The van der Waals surface area contributed by atoms with Gasteiger partial charge in [-0.25, -0.2) is 0 Å². The molecule has 0 bridgehead atoms. The van der Waals surface area contributed by atoms with Crippen molar-refractivity contribution in [3.8, 4) is 5.75 Å². The number of aromatic amines is 1. The van der Waals surface area contributed by atoms with E-state index in [1.165, 1.54) is 7.11 Å². The average Bonchev–Trinajstić information content (AvgIpc) is 3.30. The second-order valence-corrected chi connectivity index (χ2v) is 8.90. The Morgan fingerprint density at radius 2 is 1.86 bits per heavy atom. The van der Waals surface area contributed by atoms with Crippen LogP contribution in [0.15, 0.2) is 77.9 Å².